The molecule has 0 radical (unpaired) electrons. The van der Waals surface area contributed by atoms with Gasteiger partial charge in [-0.1, -0.05) is 51.1 Å². The van der Waals surface area contributed by atoms with Gasteiger partial charge in [0, 0.05) is 11.9 Å². The topological polar surface area (TPSA) is 40.1 Å². The zero-order valence-corrected chi connectivity index (χ0v) is 10.2. The molecule has 0 fully saturated rings. The molecule has 1 aromatic carbocycles. The Bertz CT molecular complexity index is 336. The zero-order chi connectivity index (χ0) is 12.2. The summed E-state index contributed by atoms with van der Waals surface area (Å²) in [5.41, 5.74) is 1.07. The van der Waals surface area contributed by atoms with Crippen molar-refractivity contribution in [3.05, 3.63) is 35.9 Å². The Morgan fingerprint density at radius 2 is 1.81 bits per heavy atom. The SMILES string of the molecule is CC(C)(C)CC(Cc1ccccc1)C(=O)[O-]. The molecule has 0 aromatic heterocycles. The first-order chi connectivity index (χ1) is 7.38. The van der Waals surface area contributed by atoms with Gasteiger partial charge in [-0.05, 0) is 23.8 Å². The van der Waals surface area contributed by atoms with Crippen LogP contribution in [0, 0.1) is 11.3 Å². The van der Waals surface area contributed by atoms with E-state index in [1.807, 2.05) is 51.1 Å². The fourth-order valence-electron chi connectivity index (χ4n) is 1.88. The molecule has 0 aliphatic rings. The maximum atomic E-state index is 11.1. The molecule has 0 N–H and O–H groups in total. The Kier molecular flexibility index (Phi) is 4.11. The summed E-state index contributed by atoms with van der Waals surface area (Å²) in [5, 5.41) is 11.1. The van der Waals surface area contributed by atoms with Gasteiger partial charge in [0.1, 0.15) is 0 Å². The van der Waals surface area contributed by atoms with Crippen molar-refractivity contribution in [3.63, 3.8) is 0 Å². The first kappa shape index (κ1) is 12.8. The lowest BCUT2D eigenvalue weighted by Crippen LogP contribution is -2.35. The minimum absolute atomic E-state index is 0.0134. The fraction of sp³-hybridized carbons (Fsp3) is 0.500. The van der Waals surface area contributed by atoms with Gasteiger partial charge in [-0.25, -0.2) is 0 Å². The Hall–Kier alpha value is -1.31. The number of carboxylic acid groups (broad SMARTS) is 1. The summed E-state index contributed by atoms with van der Waals surface area (Å²) in [5.74, 6) is -1.35. The van der Waals surface area contributed by atoms with E-state index in [9.17, 15) is 9.90 Å². The molecule has 0 saturated heterocycles. The smallest absolute Gasteiger partial charge is 0.0448 e. The molecule has 0 heterocycles. The van der Waals surface area contributed by atoms with E-state index in [0.717, 1.165) is 5.56 Å². The Labute approximate surface area is 97.3 Å². The molecule has 2 heteroatoms. The van der Waals surface area contributed by atoms with Crippen LogP contribution in [0.15, 0.2) is 30.3 Å². The van der Waals surface area contributed by atoms with E-state index in [2.05, 4.69) is 0 Å². The van der Waals surface area contributed by atoms with Gasteiger partial charge in [-0.2, -0.15) is 0 Å². The highest BCUT2D eigenvalue weighted by molar-refractivity contribution is 5.68. The molecular formula is C14H19O2-. The Balaban J connectivity index is 2.70. The number of benzene rings is 1. The second kappa shape index (κ2) is 5.15. The number of hydrogen-bond donors (Lipinski definition) is 0. The Morgan fingerprint density at radius 1 is 1.25 bits per heavy atom. The maximum Gasteiger partial charge on any atom is 0.0448 e. The predicted octanol–water partition coefficient (Wildman–Crippen LogP) is 2.03. The summed E-state index contributed by atoms with van der Waals surface area (Å²) < 4.78 is 0. The lowest BCUT2D eigenvalue weighted by Gasteiger charge is -2.26. The minimum atomic E-state index is -0.946. The van der Waals surface area contributed by atoms with E-state index in [0.29, 0.717) is 12.8 Å². The van der Waals surface area contributed by atoms with Gasteiger partial charge in [0.05, 0.1) is 0 Å². The Morgan fingerprint density at radius 3 is 2.25 bits per heavy atom. The second-order valence-corrected chi connectivity index (χ2v) is 5.47. The molecule has 0 saturated carbocycles. The number of carboxylic acids is 1. The monoisotopic (exact) mass is 219 g/mol. The van der Waals surface area contributed by atoms with E-state index in [4.69, 9.17) is 0 Å². The van der Waals surface area contributed by atoms with Crippen molar-refractivity contribution < 1.29 is 9.90 Å². The molecule has 0 spiro atoms. The summed E-state index contributed by atoms with van der Waals surface area (Å²) in [4.78, 5) is 11.1. The molecule has 1 unspecified atom stereocenters. The van der Waals surface area contributed by atoms with E-state index in [1.54, 1.807) is 0 Å². The molecule has 0 aliphatic heterocycles. The van der Waals surface area contributed by atoms with E-state index in [-0.39, 0.29) is 5.41 Å². The van der Waals surface area contributed by atoms with Gasteiger partial charge < -0.3 is 9.90 Å². The van der Waals surface area contributed by atoms with Crippen molar-refractivity contribution in [1.82, 2.24) is 0 Å². The van der Waals surface area contributed by atoms with E-state index >= 15 is 0 Å². The number of hydrogen-bond acceptors (Lipinski definition) is 2. The maximum absolute atomic E-state index is 11.1. The number of carbonyl (C=O) groups is 1. The molecule has 1 atom stereocenters. The lowest BCUT2D eigenvalue weighted by molar-refractivity contribution is -0.312. The van der Waals surface area contributed by atoms with Gasteiger partial charge in [-0.15, -0.1) is 0 Å². The van der Waals surface area contributed by atoms with Crippen molar-refractivity contribution >= 4 is 5.97 Å². The van der Waals surface area contributed by atoms with Crippen molar-refractivity contribution in [1.29, 1.82) is 0 Å². The summed E-state index contributed by atoms with van der Waals surface area (Å²) in [6.45, 7) is 6.15. The summed E-state index contributed by atoms with van der Waals surface area (Å²) >= 11 is 0. The average Bonchev–Trinajstić information content (AvgIpc) is 2.16. The van der Waals surface area contributed by atoms with Crippen LogP contribution in [0.1, 0.15) is 32.8 Å². The third-order valence-corrected chi connectivity index (χ3v) is 2.52. The number of aliphatic carboxylic acids is 1. The summed E-state index contributed by atoms with van der Waals surface area (Å²) in [6.07, 6.45) is 1.20. The molecule has 0 amide bonds. The lowest BCUT2D eigenvalue weighted by atomic mass is 9.82. The molecule has 2 nitrogen and oxygen atoms in total. The standard InChI is InChI=1S/C14H20O2/c1-14(2,3)10-12(13(15)16)9-11-7-5-4-6-8-11/h4-8,12H,9-10H2,1-3H3,(H,15,16)/p-1. The highest BCUT2D eigenvalue weighted by atomic mass is 16.4. The van der Waals surface area contributed by atoms with Gasteiger partial charge >= 0.3 is 0 Å². The van der Waals surface area contributed by atoms with Crippen molar-refractivity contribution in [3.8, 4) is 0 Å². The van der Waals surface area contributed by atoms with Crippen LogP contribution in [0.4, 0.5) is 0 Å². The van der Waals surface area contributed by atoms with Crippen molar-refractivity contribution in [2.75, 3.05) is 0 Å². The predicted molar refractivity (Wildman–Crippen MR) is 62.7 cm³/mol. The average molecular weight is 219 g/mol. The fourth-order valence-corrected chi connectivity index (χ4v) is 1.88. The van der Waals surface area contributed by atoms with Crippen LogP contribution < -0.4 is 5.11 Å². The van der Waals surface area contributed by atoms with Crippen LogP contribution in [0.5, 0.6) is 0 Å². The number of carbonyl (C=O) groups excluding carboxylic acids is 1. The van der Waals surface area contributed by atoms with Crippen LogP contribution in [0.25, 0.3) is 0 Å². The van der Waals surface area contributed by atoms with Crippen LogP contribution in [-0.2, 0) is 11.2 Å². The molecule has 16 heavy (non-hydrogen) atoms. The van der Waals surface area contributed by atoms with Crippen LogP contribution in [0.3, 0.4) is 0 Å². The molecular weight excluding hydrogens is 200 g/mol. The van der Waals surface area contributed by atoms with E-state index in [1.165, 1.54) is 0 Å². The summed E-state index contributed by atoms with van der Waals surface area (Å²) in [7, 11) is 0. The highest BCUT2D eigenvalue weighted by Crippen LogP contribution is 2.26. The number of rotatable bonds is 4. The quantitative estimate of drug-likeness (QED) is 0.777. The van der Waals surface area contributed by atoms with Crippen LogP contribution >= 0.6 is 0 Å². The molecule has 0 bridgehead atoms. The van der Waals surface area contributed by atoms with Gasteiger partial charge in [0.15, 0.2) is 0 Å². The van der Waals surface area contributed by atoms with E-state index < -0.39 is 11.9 Å². The van der Waals surface area contributed by atoms with Crippen molar-refractivity contribution in [2.24, 2.45) is 11.3 Å². The summed E-state index contributed by atoms with van der Waals surface area (Å²) in [6, 6.07) is 9.70. The van der Waals surface area contributed by atoms with Gasteiger partial charge in [0.2, 0.25) is 0 Å². The minimum Gasteiger partial charge on any atom is -0.550 e. The first-order valence-corrected chi connectivity index (χ1v) is 5.63. The largest absolute Gasteiger partial charge is 0.550 e. The first-order valence-electron chi connectivity index (χ1n) is 5.63. The zero-order valence-electron chi connectivity index (χ0n) is 10.2. The van der Waals surface area contributed by atoms with Crippen LogP contribution in [0.2, 0.25) is 0 Å². The van der Waals surface area contributed by atoms with Gasteiger partial charge in [-0.3, -0.25) is 0 Å². The molecule has 1 aromatic rings. The molecule has 0 aliphatic carbocycles. The van der Waals surface area contributed by atoms with Crippen LogP contribution in [-0.4, -0.2) is 5.97 Å². The van der Waals surface area contributed by atoms with Crippen molar-refractivity contribution in [2.45, 2.75) is 33.6 Å². The highest BCUT2D eigenvalue weighted by Gasteiger charge is 2.19. The molecule has 88 valence electrons. The van der Waals surface area contributed by atoms with Gasteiger partial charge in [0.25, 0.3) is 0 Å². The third kappa shape index (κ3) is 4.47. The molecule has 1 rings (SSSR count). The normalized spacial score (nSPS) is 13.4. The third-order valence-electron chi connectivity index (χ3n) is 2.52. The second-order valence-electron chi connectivity index (χ2n) is 5.47.